The van der Waals surface area contributed by atoms with E-state index in [4.69, 9.17) is 17.3 Å². The molecular formula is C13H21ClN2O2S. The molecule has 19 heavy (non-hydrogen) atoms. The second-order valence-electron chi connectivity index (χ2n) is 4.65. The van der Waals surface area contributed by atoms with Crippen molar-refractivity contribution in [3.05, 3.63) is 23.2 Å². The minimum absolute atomic E-state index is 0.127. The molecule has 0 aromatic heterocycles. The second kappa shape index (κ2) is 6.59. The molecule has 0 saturated carbocycles. The van der Waals surface area contributed by atoms with Crippen LogP contribution in [0.25, 0.3) is 0 Å². The Morgan fingerprint density at radius 1 is 1.37 bits per heavy atom. The zero-order chi connectivity index (χ0) is 14.6. The fraction of sp³-hybridized carbons (Fsp3) is 0.538. The summed E-state index contributed by atoms with van der Waals surface area (Å²) in [7, 11) is -3.55. The number of benzene rings is 1. The average Bonchev–Trinajstić information content (AvgIpc) is 2.34. The molecule has 0 radical (unpaired) electrons. The number of nitrogens with zero attached hydrogens (tertiary/aromatic N) is 1. The first-order valence-electron chi connectivity index (χ1n) is 6.38. The Morgan fingerprint density at radius 3 is 2.47 bits per heavy atom. The van der Waals surface area contributed by atoms with Gasteiger partial charge in [0.25, 0.3) is 0 Å². The quantitative estimate of drug-likeness (QED) is 0.822. The first-order chi connectivity index (χ1) is 8.82. The fourth-order valence-corrected chi connectivity index (χ4v) is 3.61. The number of sulfonamides is 1. The van der Waals surface area contributed by atoms with Gasteiger partial charge in [-0.15, -0.1) is 0 Å². The maximum Gasteiger partial charge on any atom is 0.245 e. The predicted molar refractivity (Wildman–Crippen MR) is 79.8 cm³/mol. The van der Waals surface area contributed by atoms with E-state index in [0.29, 0.717) is 24.0 Å². The Balaban J connectivity index is 3.13. The topological polar surface area (TPSA) is 63.4 Å². The third kappa shape index (κ3) is 3.84. The van der Waals surface area contributed by atoms with Crippen LogP contribution in [0.15, 0.2) is 23.1 Å². The van der Waals surface area contributed by atoms with E-state index in [-0.39, 0.29) is 10.6 Å². The van der Waals surface area contributed by atoms with Crippen molar-refractivity contribution >= 4 is 27.3 Å². The van der Waals surface area contributed by atoms with Crippen molar-refractivity contribution in [2.75, 3.05) is 18.8 Å². The fourth-order valence-electron chi connectivity index (χ4n) is 1.77. The number of hydrogen-bond donors (Lipinski definition) is 1. The van der Waals surface area contributed by atoms with E-state index in [1.54, 1.807) is 6.07 Å². The largest absolute Gasteiger partial charge is 0.398 e. The lowest BCUT2D eigenvalue weighted by atomic mass is 10.1. The average molecular weight is 305 g/mol. The summed E-state index contributed by atoms with van der Waals surface area (Å²) >= 11 is 5.80. The number of nitrogen functional groups attached to an aromatic ring is 1. The van der Waals surface area contributed by atoms with E-state index in [2.05, 4.69) is 0 Å². The molecule has 1 aromatic carbocycles. The zero-order valence-corrected chi connectivity index (χ0v) is 13.1. The van der Waals surface area contributed by atoms with Gasteiger partial charge < -0.3 is 5.73 Å². The molecule has 1 aromatic rings. The minimum atomic E-state index is -3.55. The van der Waals surface area contributed by atoms with Crippen LogP contribution in [0.2, 0.25) is 5.02 Å². The van der Waals surface area contributed by atoms with Crippen molar-refractivity contribution in [2.45, 2.75) is 32.1 Å². The van der Waals surface area contributed by atoms with E-state index < -0.39 is 10.0 Å². The van der Waals surface area contributed by atoms with Crippen molar-refractivity contribution in [3.63, 3.8) is 0 Å². The number of hydrogen-bond acceptors (Lipinski definition) is 3. The standard InChI is InChI=1S/C13H21ClN2O2S/c1-4-10(3)9-16(5-2)19(17,18)13-7-6-11(14)8-12(13)15/h6-8,10H,4-5,9,15H2,1-3H3. The third-order valence-electron chi connectivity index (χ3n) is 3.15. The van der Waals surface area contributed by atoms with Gasteiger partial charge in [0.2, 0.25) is 10.0 Å². The Hall–Kier alpha value is -0.780. The van der Waals surface area contributed by atoms with Gasteiger partial charge in [0.1, 0.15) is 4.90 Å². The van der Waals surface area contributed by atoms with Crippen LogP contribution in [0.3, 0.4) is 0 Å². The second-order valence-corrected chi connectivity index (χ2v) is 6.99. The molecule has 0 aliphatic heterocycles. The molecule has 2 N–H and O–H groups in total. The normalized spacial score (nSPS) is 13.7. The lowest BCUT2D eigenvalue weighted by molar-refractivity contribution is 0.362. The molecule has 0 heterocycles. The van der Waals surface area contributed by atoms with Gasteiger partial charge >= 0.3 is 0 Å². The van der Waals surface area contributed by atoms with Crippen molar-refractivity contribution in [1.82, 2.24) is 4.31 Å². The highest BCUT2D eigenvalue weighted by atomic mass is 35.5. The van der Waals surface area contributed by atoms with E-state index in [1.165, 1.54) is 16.4 Å². The molecule has 4 nitrogen and oxygen atoms in total. The molecule has 6 heteroatoms. The zero-order valence-electron chi connectivity index (χ0n) is 11.6. The molecule has 0 bridgehead atoms. The highest BCUT2D eigenvalue weighted by molar-refractivity contribution is 7.89. The van der Waals surface area contributed by atoms with Crippen LogP contribution >= 0.6 is 11.6 Å². The molecular weight excluding hydrogens is 284 g/mol. The van der Waals surface area contributed by atoms with Gasteiger partial charge in [0.15, 0.2) is 0 Å². The van der Waals surface area contributed by atoms with Crippen LogP contribution < -0.4 is 5.73 Å². The van der Waals surface area contributed by atoms with E-state index >= 15 is 0 Å². The number of halogens is 1. The van der Waals surface area contributed by atoms with Crippen LogP contribution in [0.5, 0.6) is 0 Å². The summed E-state index contributed by atoms with van der Waals surface area (Å²) in [4.78, 5) is 0.127. The van der Waals surface area contributed by atoms with Gasteiger partial charge in [-0.3, -0.25) is 0 Å². The first-order valence-corrected chi connectivity index (χ1v) is 8.19. The molecule has 1 rings (SSSR count). The van der Waals surface area contributed by atoms with Crippen molar-refractivity contribution in [2.24, 2.45) is 5.92 Å². The molecule has 0 saturated heterocycles. The Bertz CT molecular complexity index is 531. The summed E-state index contributed by atoms with van der Waals surface area (Å²) in [5.41, 5.74) is 5.96. The highest BCUT2D eigenvalue weighted by Gasteiger charge is 2.26. The Morgan fingerprint density at radius 2 is 2.00 bits per heavy atom. The van der Waals surface area contributed by atoms with Gasteiger partial charge in [-0.25, -0.2) is 8.42 Å². The molecule has 1 unspecified atom stereocenters. The summed E-state index contributed by atoms with van der Waals surface area (Å²) in [5.74, 6) is 0.309. The lowest BCUT2D eigenvalue weighted by Crippen LogP contribution is -2.34. The van der Waals surface area contributed by atoms with Gasteiger partial charge in [-0.1, -0.05) is 38.8 Å². The van der Waals surface area contributed by atoms with E-state index in [1.807, 2.05) is 20.8 Å². The SMILES string of the molecule is CCC(C)CN(CC)S(=O)(=O)c1ccc(Cl)cc1N. The van der Waals surface area contributed by atoms with Gasteiger partial charge in [0, 0.05) is 18.1 Å². The molecule has 0 amide bonds. The van der Waals surface area contributed by atoms with E-state index in [0.717, 1.165) is 6.42 Å². The van der Waals surface area contributed by atoms with Crippen LogP contribution in [0, 0.1) is 5.92 Å². The smallest absolute Gasteiger partial charge is 0.245 e. The van der Waals surface area contributed by atoms with E-state index in [9.17, 15) is 8.42 Å². The first kappa shape index (κ1) is 16.3. The molecule has 0 aliphatic carbocycles. The van der Waals surface area contributed by atoms with Crippen LogP contribution in [-0.2, 0) is 10.0 Å². The monoisotopic (exact) mass is 304 g/mol. The van der Waals surface area contributed by atoms with Crippen molar-refractivity contribution < 1.29 is 8.42 Å². The van der Waals surface area contributed by atoms with Crippen LogP contribution in [0.4, 0.5) is 5.69 Å². The Kier molecular flexibility index (Phi) is 5.64. The molecule has 1 atom stereocenters. The maximum absolute atomic E-state index is 12.5. The van der Waals surface area contributed by atoms with Crippen molar-refractivity contribution in [1.29, 1.82) is 0 Å². The highest BCUT2D eigenvalue weighted by Crippen LogP contribution is 2.26. The predicted octanol–water partition coefficient (Wildman–Crippen LogP) is 2.98. The Labute approximate surface area is 120 Å². The molecule has 0 aliphatic rings. The maximum atomic E-state index is 12.5. The summed E-state index contributed by atoms with van der Waals surface area (Å²) in [5, 5.41) is 0.432. The third-order valence-corrected chi connectivity index (χ3v) is 5.40. The summed E-state index contributed by atoms with van der Waals surface area (Å²) in [6.45, 7) is 6.82. The molecule has 0 fully saturated rings. The molecule has 0 spiro atoms. The number of nitrogens with two attached hydrogens (primary N) is 1. The summed E-state index contributed by atoms with van der Waals surface area (Å²) in [6, 6.07) is 4.47. The summed E-state index contributed by atoms with van der Waals surface area (Å²) in [6.07, 6.45) is 0.933. The number of rotatable bonds is 6. The van der Waals surface area contributed by atoms with Gasteiger partial charge in [-0.2, -0.15) is 4.31 Å². The van der Waals surface area contributed by atoms with Gasteiger partial charge in [0.05, 0.1) is 5.69 Å². The van der Waals surface area contributed by atoms with Crippen LogP contribution in [0.1, 0.15) is 27.2 Å². The summed E-state index contributed by atoms with van der Waals surface area (Å²) < 4.78 is 26.6. The van der Waals surface area contributed by atoms with Crippen molar-refractivity contribution in [3.8, 4) is 0 Å². The minimum Gasteiger partial charge on any atom is -0.398 e. The molecule has 108 valence electrons. The van der Waals surface area contributed by atoms with Crippen LogP contribution in [-0.4, -0.2) is 25.8 Å². The lowest BCUT2D eigenvalue weighted by Gasteiger charge is -2.24. The number of anilines is 1. The van der Waals surface area contributed by atoms with Gasteiger partial charge in [-0.05, 0) is 24.1 Å².